The number of rotatable bonds is 6. The number of carbonyl (C=O) groups is 1. The third-order valence-electron chi connectivity index (χ3n) is 5.93. The van der Waals surface area contributed by atoms with Gasteiger partial charge in [0, 0.05) is 12.2 Å². The number of carbonyl (C=O) groups excluding carboxylic acids is 1. The molecular weight excluding hydrogens is 336 g/mol. The summed E-state index contributed by atoms with van der Waals surface area (Å²) in [6.07, 6.45) is 3.22. The van der Waals surface area contributed by atoms with Crippen LogP contribution in [0.4, 0.5) is 5.69 Å². The molecule has 2 bridgehead atoms. The van der Waals surface area contributed by atoms with Crippen molar-refractivity contribution in [2.75, 3.05) is 25.0 Å². The fourth-order valence-corrected chi connectivity index (χ4v) is 4.31. The summed E-state index contributed by atoms with van der Waals surface area (Å²) < 4.78 is 6.04. The Morgan fingerprint density at radius 2 is 1.81 bits per heavy atom. The molecule has 0 spiro atoms. The average molecular weight is 364 g/mol. The molecule has 0 amide bonds. The van der Waals surface area contributed by atoms with Gasteiger partial charge >= 0.3 is 5.97 Å². The lowest BCUT2D eigenvalue weighted by atomic mass is 9.86. The van der Waals surface area contributed by atoms with E-state index in [0.717, 1.165) is 50.1 Å². The fraction of sp³-hybridized carbons (Fsp3) is 0.435. The van der Waals surface area contributed by atoms with Crippen LogP contribution in [0.15, 0.2) is 54.6 Å². The molecule has 1 N–H and O–H groups in total. The highest BCUT2D eigenvalue weighted by Crippen LogP contribution is 2.31. The molecule has 3 saturated heterocycles. The van der Waals surface area contributed by atoms with E-state index in [1.807, 2.05) is 48.5 Å². The minimum Gasteiger partial charge on any atom is -0.459 e. The van der Waals surface area contributed by atoms with E-state index in [9.17, 15) is 4.79 Å². The van der Waals surface area contributed by atoms with Crippen molar-refractivity contribution < 1.29 is 9.53 Å². The number of piperidine rings is 3. The van der Waals surface area contributed by atoms with Crippen LogP contribution < -0.4 is 5.32 Å². The van der Waals surface area contributed by atoms with Crippen molar-refractivity contribution in [1.29, 1.82) is 0 Å². The third-order valence-corrected chi connectivity index (χ3v) is 5.93. The van der Waals surface area contributed by atoms with E-state index in [-0.39, 0.29) is 12.1 Å². The second-order valence-corrected chi connectivity index (χ2v) is 7.61. The monoisotopic (exact) mass is 364 g/mol. The number of hydrogen-bond donors (Lipinski definition) is 1. The zero-order chi connectivity index (χ0) is 18.6. The molecule has 27 heavy (non-hydrogen) atoms. The van der Waals surface area contributed by atoms with Crippen molar-refractivity contribution in [2.24, 2.45) is 5.92 Å². The van der Waals surface area contributed by atoms with Crippen LogP contribution in [0.3, 0.4) is 0 Å². The normalized spacial score (nSPS) is 25.0. The van der Waals surface area contributed by atoms with Crippen LogP contribution >= 0.6 is 0 Å². The number of aryl methyl sites for hydroxylation is 1. The summed E-state index contributed by atoms with van der Waals surface area (Å²) >= 11 is 0. The molecule has 2 aromatic carbocycles. The Morgan fingerprint density at radius 3 is 2.48 bits per heavy atom. The predicted octanol–water partition coefficient (Wildman–Crippen LogP) is 4.04. The highest BCUT2D eigenvalue weighted by atomic mass is 16.5. The number of benzene rings is 2. The molecule has 2 atom stereocenters. The van der Waals surface area contributed by atoms with Gasteiger partial charge in [0.1, 0.15) is 6.10 Å². The molecule has 4 heteroatoms. The van der Waals surface area contributed by atoms with Crippen LogP contribution in [-0.2, 0) is 16.0 Å². The lowest BCUT2D eigenvalue weighted by Crippen LogP contribution is -2.52. The number of nitrogens with zero attached hydrogens (tertiary/aromatic N) is 1. The van der Waals surface area contributed by atoms with Crippen LogP contribution in [0.1, 0.15) is 36.9 Å². The van der Waals surface area contributed by atoms with E-state index in [1.165, 1.54) is 5.56 Å². The third kappa shape index (κ3) is 4.01. The molecule has 3 fully saturated rings. The molecule has 3 heterocycles. The van der Waals surface area contributed by atoms with Gasteiger partial charge in [-0.2, -0.15) is 0 Å². The molecule has 3 aliphatic rings. The van der Waals surface area contributed by atoms with Gasteiger partial charge in [0.25, 0.3) is 0 Å². The van der Waals surface area contributed by atoms with Crippen molar-refractivity contribution in [2.45, 2.75) is 38.3 Å². The van der Waals surface area contributed by atoms with Gasteiger partial charge in [-0.1, -0.05) is 55.5 Å². The first-order valence-electron chi connectivity index (χ1n) is 10.1. The van der Waals surface area contributed by atoms with Gasteiger partial charge in [-0.15, -0.1) is 0 Å². The maximum absolute atomic E-state index is 13.2. The number of anilines is 1. The summed E-state index contributed by atoms with van der Waals surface area (Å²) in [6.45, 7) is 5.29. The maximum Gasteiger partial charge on any atom is 0.333 e. The van der Waals surface area contributed by atoms with E-state index in [2.05, 4.69) is 23.2 Å². The standard InChI is InChI=1S/C23H28N2O2/c1-2-17-8-6-7-11-20(17)24-22(19-9-4-3-5-10-19)23(26)27-21-16-25-14-12-18(21)13-15-25/h3-11,18,21-22,24H,2,12-16H2,1H3/t21?,22-/m1/s1. The SMILES string of the molecule is CCc1ccccc1N[C@@H](C(=O)OC1CN2CCC1CC2)c1ccccc1. The van der Waals surface area contributed by atoms with Crippen LogP contribution in [0, 0.1) is 5.92 Å². The zero-order valence-electron chi connectivity index (χ0n) is 15.9. The summed E-state index contributed by atoms with van der Waals surface area (Å²) in [5, 5.41) is 3.46. The number of nitrogens with one attached hydrogen (secondary N) is 1. The van der Waals surface area contributed by atoms with Crippen molar-refractivity contribution in [3.63, 3.8) is 0 Å². The first-order chi connectivity index (χ1) is 13.2. The molecule has 3 aliphatic heterocycles. The van der Waals surface area contributed by atoms with Gasteiger partial charge in [-0.25, -0.2) is 4.79 Å². The molecule has 4 nitrogen and oxygen atoms in total. The highest BCUT2D eigenvalue weighted by Gasteiger charge is 2.37. The zero-order valence-corrected chi connectivity index (χ0v) is 15.9. The van der Waals surface area contributed by atoms with Gasteiger partial charge in [0.15, 0.2) is 6.04 Å². The minimum absolute atomic E-state index is 0.0226. The first kappa shape index (κ1) is 18.1. The van der Waals surface area contributed by atoms with Crippen LogP contribution in [0.5, 0.6) is 0 Å². The molecule has 142 valence electrons. The molecular formula is C23H28N2O2. The summed E-state index contributed by atoms with van der Waals surface area (Å²) in [7, 11) is 0. The summed E-state index contributed by atoms with van der Waals surface area (Å²) in [6, 6.07) is 17.6. The topological polar surface area (TPSA) is 41.6 Å². The van der Waals surface area contributed by atoms with Gasteiger partial charge in [0.2, 0.25) is 0 Å². The Morgan fingerprint density at radius 1 is 1.11 bits per heavy atom. The predicted molar refractivity (Wildman–Crippen MR) is 108 cm³/mol. The fourth-order valence-electron chi connectivity index (χ4n) is 4.31. The van der Waals surface area contributed by atoms with E-state index in [0.29, 0.717) is 5.92 Å². The molecule has 0 aliphatic carbocycles. The average Bonchev–Trinajstić information content (AvgIpc) is 2.73. The van der Waals surface area contributed by atoms with E-state index in [4.69, 9.17) is 4.74 Å². The van der Waals surface area contributed by atoms with Crippen LogP contribution in [-0.4, -0.2) is 36.6 Å². The quantitative estimate of drug-likeness (QED) is 0.786. The van der Waals surface area contributed by atoms with Gasteiger partial charge in [0.05, 0.1) is 0 Å². The second-order valence-electron chi connectivity index (χ2n) is 7.61. The number of hydrogen-bond acceptors (Lipinski definition) is 4. The highest BCUT2D eigenvalue weighted by molar-refractivity contribution is 5.81. The van der Waals surface area contributed by atoms with Crippen molar-refractivity contribution in [3.05, 3.63) is 65.7 Å². The largest absolute Gasteiger partial charge is 0.459 e. The van der Waals surface area contributed by atoms with Gasteiger partial charge < -0.3 is 10.1 Å². The molecule has 2 aromatic rings. The Hall–Kier alpha value is -2.33. The Kier molecular flexibility index (Phi) is 5.44. The van der Waals surface area contributed by atoms with Crippen LogP contribution in [0.25, 0.3) is 0 Å². The Balaban J connectivity index is 1.55. The van der Waals surface area contributed by atoms with Crippen LogP contribution in [0.2, 0.25) is 0 Å². The number of esters is 1. The molecule has 1 unspecified atom stereocenters. The minimum atomic E-state index is -0.491. The van der Waals surface area contributed by atoms with Crippen molar-refractivity contribution >= 4 is 11.7 Å². The maximum atomic E-state index is 13.2. The van der Waals surface area contributed by atoms with E-state index < -0.39 is 6.04 Å². The second kappa shape index (κ2) is 8.13. The van der Waals surface area contributed by atoms with E-state index in [1.54, 1.807) is 0 Å². The number of para-hydroxylation sites is 1. The smallest absolute Gasteiger partial charge is 0.333 e. The summed E-state index contributed by atoms with van der Waals surface area (Å²) in [5.41, 5.74) is 3.14. The lowest BCUT2D eigenvalue weighted by molar-refractivity contribution is -0.159. The number of ether oxygens (including phenoxy) is 1. The van der Waals surface area contributed by atoms with Gasteiger partial charge in [-0.05, 0) is 55.5 Å². The molecule has 0 aromatic heterocycles. The summed E-state index contributed by atoms with van der Waals surface area (Å²) in [5.74, 6) is 0.337. The lowest BCUT2D eigenvalue weighted by Gasteiger charge is -2.44. The Bertz CT molecular complexity index is 769. The summed E-state index contributed by atoms with van der Waals surface area (Å²) in [4.78, 5) is 15.6. The number of fused-ring (bicyclic) bond motifs is 3. The molecule has 5 rings (SSSR count). The van der Waals surface area contributed by atoms with E-state index >= 15 is 0 Å². The Labute approximate surface area is 161 Å². The first-order valence-corrected chi connectivity index (χ1v) is 10.1. The van der Waals surface area contributed by atoms with Crippen molar-refractivity contribution in [3.8, 4) is 0 Å². The van der Waals surface area contributed by atoms with Gasteiger partial charge in [-0.3, -0.25) is 4.90 Å². The molecule has 0 radical (unpaired) electrons. The molecule has 0 saturated carbocycles. The van der Waals surface area contributed by atoms with Crippen molar-refractivity contribution in [1.82, 2.24) is 4.90 Å².